The van der Waals surface area contributed by atoms with E-state index in [1.165, 1.54) is 5.56 Å². The van der Waals surface area contributed by atoms with Crippen LogP contribution in [0.4, 0.5) is 0 Å². The number of ether oxygens (including phenoxy) is 2. The van der Waals surface area contributed by atoms with Crippen LogP contribution in [0.2, 0.25) is 0 Å². The fourth-order valence-electron chi connectivity index (χ4n) is 5.22. The van der Waals surface area contributed by atoms with Gasteiger partial charge in [0.05, 0.1) is 5.69 Å². The normalized spacial score (nSPS) is 17.0. The molecular weight excluding hydrogens is 442 g/mol. The van der Waals surface area contributed by atoms with E-state index in [2.05, 4.69) is 20.9 Å². The van der Waals surface area contributed by atoms with Gasteiger partial charge in [-0.15, -0.1) is 0 Å². The van der Waals surface area contributed by atoms with Gasteiger partial charge in [0.1, 0.15) is 6.04 Å². The highest BCUT2D eigenvalue weighted by molar-refractivity contribution is 5.95. The number of nitrogens with zero attached hydrogens (tertiary/aromatic N) is 2. The molecule has 1 aromatic heterocycles. The molecule has 6 rings (SSSR count). The first-order valence-corrected chi connectivity index (χ1v) is 11.9. The highest BCUT2D eigenvalue weighted by atomic mass is 16.7. The van der Waals surface area contributed by atoms with Crippen LogP contribution in [0.25, 0.3) is 22.2 Å². The Hall–Kier alpha value is -3.81. The van der Waals surface area contributed by atoms with Crippen molar-refractivity contribution in [3.05, 3.63) is 83.9 Å². The second-order valence-electron chi connectivity index (χ2n) is 9.07. The van der Waals surface area contributed by atoms with Crippen molar-refractivity contribution in [1.82, 2.24) is 14.8 Å². The molecule has 0 amide bonds. The van der Waals surface area contributed by atoms with E-state index in [1.54, 1.807) is 0 Å². The van der Waals surface area contributed by atoms with Crippen molar-refractivity contribution in [2.75, 3.05) is 33.0 Å². The number of carboxylic acids is 1. The molecule has 4 aromatic rings. The van der Waals surface area contributed by atoms with E-state index in [0.717, 1.165) is 58.9 Å². The van der Waals surface area contributed by atoms with Crippen LogP contribution in [0, 0.1) is 0 Å². The van der Waals surface area contributed by atoms with Crippen LogP contribution in [-0.4, -0.2) is 58.8 Å². The first kappa shape index (κ1) is 21.7. The van der Waals surface area contributed by atoms with Crippen LogP contribution in [0.5, 0.6) is 11.5 Å². The Kier molecular flexibility index (Phi) is 5.64. The molecule has 2 aliphatic heterocycles. The Labute approximate surface area is 203 Å². The maximum atomic E-state index is 12.7. The highest BCUT2D eigenvalue weighted by Gasteiger charge is 2.34. The van der Waals surface area contributed by atoms with E-state index in [-0.39, 0.29) is 6.79 Å². The number of para-hydroxylation sites is 1. The summed E-state index contributed by atoms with van der Waals surface area (Å²) in [7, 11) is 0. The van der Waals surface area contributed by atoms with E-state index < -0.39 is 12.0 Å². The average Bonchev–Trinajstić information content (AvgIpc) is 3.50. The van der Waals surface area contributed by atoms with Gasteiger partial charge in [-0.2, -0.15) is 0 Å². The molecule has 1 atom stereocenters. The Morgan fingerprint density at radius 2 is 1.66 bits per heavy atom. The van der Waals surface area contributed by atoms with E-state index in [1.807, 2.05) is 66.7 Å². The lowest BCUT2D eigenvalue weighted by molar-refractivity contribution is -0.144. The third-order valence-electron chi connectivity index (χ3n) is 6.93. The number of aromatic nitrogens is 1. The lowest BCUT2D eigenvalue weighted by Gasteiger charge is -2.38. The van der Waals surface area contributed by atoms with Crippen LogP contribution in [-0.2, 0) is 11.3 Å². The third kappa shape index (κ3) is 4.13. The Balaban J connectivity index is 1.26. The van der Waals surface area contributed by atoms with Gasteiger partial charge in [0.25, 0.3) is 0 Å². The van der Waals surface area contributed by atoms with E-state index in [9.17, 15) is 9.90 Å². The van der Waals surface area contributed by atoms with Gasteiger partial charge >= 0.3 is 5.97 Å². The fourth-order valence-corrected chi connectivity index (χ4v) is 5.22. The van der Waals surface area contributed by atoms with Crippen molar-refractivity contribution in [2.45, 2.75) is 12.6 Å². The summed E-state index contributed by atoms with van der Waals surface area (Å²) in [5.74, 6) is 0.756. The molecule has 0 aliphatic carbocycles. The van der Waals surface area contributed by atoms with Gasteiger partial charge in [0, 0.05) is 49.2 Å². The number of rotatable bonds is 6. The largest absolute Gasteiger partial charge is 0.480 e. The number of benzene rings is 3. The third-order valence-corrected chi connectivity index (χ3v) is 6.93. The van der Waals surface area contributed by atoms with Crippen molar-refractivity contribution in [2.24, 2.45) is 0 Å². The Morgan fingerprint density at radius 1 is 0.914 bits per heavy atom. The molecule has 3 heterocycles. The van der Waals surface area contributed by atoms with Crippen molar-refractivity contribution < 1.29 is 19.4 Å². The molecule has 0 saturated carbocycles. The number of H-pyrrole nitrogens is 1. The molecule has 0 radical (unpaired) electrons. The summed E-state index contributed by atoms with van der Waals surface area (Å²) in [4.78, 5) is 20.7. The van der Waals surface area contributed by atoms with Crippen LogP contribution >= 0.6 is 0 Å². The van der Waals surface area contributed by atoms with Crippen LogP contribution in [0.1, 0.15) is 17.2 Å². The van der Waals surface area contributed by atoms with Crippen LogP contribution < -0.4 is 9.47 Å². The lowest BCUT2D eigenvalue weighted by Crippen LogP contribution is -2.48. The molecule has 2 N–H and O–H groups in total. The number of aliphatic carboxylic acids is 1. The number of carbonyl (C=O) groups is 1. The molecule has 0 spiro atoms. The Bertz CT molecular complexity index is 1360. The standard InChI is InChI=1S/C28H27N3O4/c32-28(33)27(25-21-8-4-5-9-22(21)29-26(25)20-6-2-1-3-7-20)31-14-12-30(13-15-31)17-19-10-11-23-24(16-19)35-18-34-23/h1-11,16,27,29H,12-15,17-18H2,(H,32,33). The Morgan fingerprint density at radius 3 is 2.46 bits per heavy atom. The first-order chi connectivity index (χ1) is 17.2. The number of carboxylic acid groups (broad SMARTS) is 1. The second kappa shape index (κ2) is 9.09. The molecule has 1 fully saturated rings. The monoisotopic (exact) mass is 469 g/mol. The SMILES string of the molecule is O=C(O)C(c1c(-c2ccccc2)[nH]c2ccccc12)N1CCN(Cc2ccc3c(c2)OCO3)CC1. The highest BCUT2D eigenvalue weighted by Crippen LogP contribution is 2.38. The molecule has 7 heteroatoms. The summed E-state index contributed by atoms with van der Waals surface area (Å²) >= 11 is 0. The summed E-state index contributed by atoms with van der Waals surface area (Å²) in [5, 5.41) is 11.4. The molecule has 35 heavy (non-hydrogen) atoms. The van der Waals surface area contributed by atoms with Crippen LogP contribution in [0.3, 0.4) is 0 Å². The zero-order valence-electron chi connectivity index (χ0n) is 19.3. The second-order valence-corrected chi connectivity index (χ2v) is 9.07. The minimum absolute atomic E-state index is 0.271. The van der Waals surface area contributed by atoms with Crippen molar-refractivity contribution >= 4 is 16.9 Å². The maximum Gasteiger partial charge on any atom is 0.325 e. The minimum Gasteiger partial charge on any atom is -0.480 e. The summed E-state index contributed by atoms with van der Waals surface area (Å²) in [6.07, 6.45) is 0. The van der Waals surface area contributed by atoms with Crippen molar-refractivity contribution in [1.29, 1.82) is 0 Å². The average molecular weight is 470 g/mol. The van der Waals surface area contributed by atoms with E-state index in [0.29, 0.717) is 13.1 Å². The molecule has 0 bridgehead atoms. The van der Waals surface area contributed by atoms with Gasteiger partial charge in [0.15, 0.2) is 11.5 Å². The predicted molar refractivity (Wildman–Crippen MR) is 134 cm³/mol. The summed E-state index contributed by atoms with van der Waals surface area (Å²) in [5.41, 5.74) is 4.83. The summed E-state index contributed by atoms with van der Waals surface area (Å²) < 4.78 is 10.9. The van der Waals surface area contributed by atoms with E-state index >= 15 is 0 Å². The van der Waals surface area contributed by atoms with Gasteiger partial charge in [-0.1, -0.05) is 54.6 Å². The summed E-state index contributed by atoms with van der Waals surface area (Å²) in [6.45, 7) is 4.00. The van der Waals surface area contributed by atoms with Gasteiger partial charge in [-0.25, -0.2) is 0 Å². The van der Waals surface area contributed by atoms with Gasteiger partial charge in [-0.05, 0) is 29.3 Å². The molecule has 1 saturated heterocycles. The number of piperazine rings is 1. The minimum atomic E-state index is -0.823. The quantitative estimate of drug-likeness (QED) is 0.433. The maximum absolute atomic E-state index is 12.7. The smallest absolute Gasteiger partial charge is 0.325 e. The molecule has 1 unspecified atom stereocenters. The number of aromatic amines is 1. The van der Waals surface area contributed by atoms with Crippen LogP contribution in [0.15, 0.2) is 72.8 Å². The molecule has 7 nitrogen and oxygen atoms in total. The van der Waals surface area contributed by atoms with Crippen molar-refractivity contribution in [3.8, 4) is 22.8 Å². The zero-order valence-corrected chi connectivity index (χ0v) is 19.3. The number of hydrogen-bond donors (Lipinski definition) is 2. The molecule has 3 aromatic carbocycles. The number of nitrogens with one attached hydrogen (secondary N) is 1. The molecule has 2 aliphatic rings. The number of hydrogen-bond acceptors (Lipinski definition) is 5. The van der Waals surface area contributed by atoms with Crippen molar-refractivity contribution in [3.63, 3.8) is 0 Å². The number of fused-ring (bicyclic) bond motifs is 2. The summed E-state index contributed by atoms with van der Waals surface area (Å²) in [6, 6.07) is 23.3. The first-order valence-electron chi connectivity index (χ1n) is 11.9. The zero-order chi connectivity index (χ0) is 23.8. The topological polar surface area (TPSA) is 78.0 Å². The lowest BCUT2D eigenvalue weighted by atomic mass is 9.97. The predicted octanol–water partition coefficient (Wildman–Crippen LogP) is 4.51. The van der Waals surface area contributed by atoms with Gasteiger partial charge < -0.3 is 19.6 Å². The van der Waals surface area contributed by atoms with Gasteiger partial charge in [-0.3, -0.25) is 14.6 Å². The van der Waals surface area contributed by atoms with E-state index in [4.69, 9.17) is 9.47 Å². The molecule has 178 valence electrons. The fraction of sp³-hybridized carbons (Fsp3) is 0.250. The van der Waals surface area contributed by atoms with Gasteiger partial charge in [0.2, 0.25) is 6.79 Å². The molecular formula is C28H27N3O4.